The summed E-state index contributed by atoms with van der Waals surface area (Å²) < 4.78 is 0. The number of amides is 2. The first-order valence-electron chi connectivity index (χ1n) is 9.23. The second-order valence-corrected chi connectivity index (χ2v) is 7.59. The minimum absolute atomic E-state index is 0.101. The minimum Gasteiger partial charge on any atom is -0.351 e. The van der Waals surface area contributed by atoms with Crippen molar-refractivity contribution in [2.45, 2.75) is 25.2 Å². The highest BCUT2D eigenvalue weighted by atomic mass is 32.1. The number of aromatic amines is 1. The number of carbonyl (C=O) groups excluding carboxylic acids is 2. The lowest BCUT2D eigenvalue weighted by Crippen LogP contribution is -2.39. The molecular weight excluding hydrogens is 360 g/mol. The van der Waals surface area contributed by atoms with Crippen LogP contribution in [-0.4, -0.2) is 46.3 Å². The van der Waals surface area contributed by atoms with Gasteiger partial charge in [0.2, 0.25) is 5.91 Å². The van der Waals surface area contributed by atoms with Crippen molar-refractivity contribution in [1.82, 2.24) is 20.2 Å². The molecule has 6 nitrogen and oxygen atoms in total. The van der Waals surface area contributed by atoms with Gasteiger partial charge in [-0.1, -0.05) is 12.1 Å². The molecule has 3 heterocycles. The van der Waals surface area contributed by atoms with Crippen LogP contribution in [0.25, 0.3) is 11.0 Å². The van der Waals surface area contributed by atoms with E-state index in [1.807, 2.05) is 34.5 Å². The quantitative estimate of drug-likeness (QED) is 0.712. The van der Waals surface area contributed by atoms with Crippen LogP contribution < -0.4 is 5.32 Å². The van der Waals surface area contributed by atoms with E-state index in [-0.39, 0.29) is 11.8 Å². The van der Waals surface area contributed by atoms with Gasteiger partial charge in [0.15, 0.2) is 0 Å². The largest absolute Gasteiger partial charge is 0.351 e. The lowest BCUT2D eigenvalue weighted by Gasteiger charge is -2.31. The van der Waals surface area contributed by atoms with Crippen LogP contribution >= 0.6 is 11.3 Å². The maximum atomic E-state index is 12.4. The third-order valence-corrected chi connectivity index (χ3v) is 5.73. The molecule has 2 amide bonds. The predicted molar refractivity (Wildman–Crippen MR) is 106 cm³/mol. The average Bonchev–Trinajstić information content (AvgIpc) is 3.37. The molecule has 140 valence electrons. The van der Waals surface area contributed by atoms with E-state index in [1.54, 1.807) is 11.4 Å². The molecular formula is C20H22N4O2S. The van der Waals surface area contributed by atoms with Gasteiger partial charge in [0.1, 0.15) is 5.82 Å². The van der Waals surface area contributed by atoms with E-state index in [0.717, 1.165) is 42.8 Å². The smallest absolute Gasteiger partial charge is 0.252 e. The zero-order valence-corrected chi connectivity index (χ0v) is 15.8. The second kappa shape index (κ2) is 7.92. The number of nitrogens with zero attached hydrogens (tertiary/aromatic N) is 2. The Morgan fingerprint density at radius 1 is 1.22 bits per heavy atom. The predicted octanol–water partition coefficient (Wildman–Crippen LogP) is 3.15. The zero-order chi connectivity index (χ0) is 18.6. The molecule has 2 N–H and O–H groups in total. The molecule has 1 aliphatic heterocycles. The first-order chi connectivity index (χ1) is 13.2. The van der Waals surface area contributed by atoms with Crippen molar-refractivity contribution in [1.29, 1.82) is 0 Å². The summed E-state index contributed by atoms with van der Waals surface area (Å²) in [5.74, 6) is 1.36. The third kappa shape index (κ3) is 4.03. The Balaban J connectivity index is 1.25. The number of rotatable bonds is 5. The molecule has 1 fully saturated rings. The Kier molecular flexibility index (Phi) is 5.20. The van der Waals surface area contributed by atoms with Crippen LogP contribution in [0.4, 0.5) is 0 Å². The van der Waals surface area contributed by atoms with Gasteiger partial charge in [-0.15, -0.1) is 0 Å². The van der Waals surface area contributed by atoms with Crippen LogP contribution in [0.2, 0.25) is 0 Å². The van der Waals surface area contributed by atoms with Crippen molar-refractivity contribution in [3.05, 3.63) is 52.5 Å². The molecule has 27 heavy (non-hydrogen) atoms. The van der Waals surface area contributed by atoms with Crippen LogP contribution in [0.15, 0.2) is 41.1 Å². The monoisotopic (exact) mass is 382 g/mol. The highest BCUT2D eigenvalue weighted by Crippen LogP contribution is 2.27. The Bertz CT molecular complexity index is 894. The number of H-pyrrole nitrogens is 1. The van der Waals surface area contributed by atoms with Gasteiger partial charge in [-0.3, -0.25) is 9.59 Å². The Hall–Kier alpha value is -2.67. The van der Waals surface area contributed by atoms with E-state index < -0.39 is 0 Å². The first kappa shape index (κ1) is 17.7. The third-order valence-electron chi connectivity index (χ3n) is 5.05. The van der Waals surface area contributed by atoms with E-state index in [0.29, 0.717) is 24.4 Å². The molecule has 0 aliphatic carbocycles. The number of hydrogen-bond acceptors (Lipinski definition) is 4. The van der Waals surface area contributed by atoms with Gasteiger partial charge >= 0.3 is 0 Å². The van der Waals surface area contributed by atoms with Gasteiger partial charge < -0.3 is 15.2 Å². The first-order valence-corrected chi connectivity index (χ1v) is 10.2. The number of fused-ring (bicyclic) bond motifs is 1. The molecule has 0 spiro atoms. The molecule has 0 saturated carbocycles. The normalized spacial score (nSPS) is 15.2. The van der Waals surface area contributed by atoms with Crippen molar-refractivity contribution < 1.29 is 9.59 Å². The lowest BCUT2D eigenvalue weighted by atomic mass is 9.96. The maximum absolute atomic E-state index is 12.4. The topological polar surface area (TPSA) is 78.1 Å². The fraction of sp³-hybridized carbons (Fsp3) is 0.350. The molecule has 0 bridgehead atoms. The Labute approximate surface area is 161 Å². The van der Waals surface area contributed by atoms with E-state index >= 15 is 0 Å². The number of para-hydroxylation sites is 2. The van der Waals surface area contributed by atoms with Gasteiger partial charge in [-0.2, -0.15) is 11.3 Å². The zero-order valence-electron chi connectivity index (χ0n) is 15.0. The summed E-state index contributed by atoms with van der Waals surface area (Å²) in [5.41, 5.74) is 2.71. The van der Waals surface area contributed by atoms with Crippen molar-refractivity contribution >= 4 is 34.2 Å². The SMILES string of the molecule is O=C(NCCC(=O)N1CCC(c2nc3ccccc3[nH]2)CC1)c1ccsc1. The molecule has 0 unspecified atom stereocenters. The van der Waals surface area contributed by atoms with Gasteiger partial charge in [-0.05, 0) is 36.4 Å². The van der Waals surface area contributed by atoms with Crippen LogP contribution in [0.1, 0.15) is 41.4 Å². The van der Waals surface area contributed by atoms with Crippen LogP contribution in [0.5, 0.6) is 0 Å². The van der Waals surface area contributed by atoms with Crippen molar-refractivity contribution in [3.8, 4) is 0 Å². The van der Waals surface area contributed by atoms with Crippen LogP contribution in [0, 0.1) is 0 Å². The number of benzene rings is 1. The van der Waals surface area contributed by atoms with Gasteiger partial charge in [0.25, 0.3) is 5.91 Å². The van der Waals surface area contributed by atoms with Crippen molar-refractivity contribution in [3.63, 3.8) is 0 Å². The van der Waals surface area contributed by atoms with Gasteiger partial charge in [-0.25, -0.2) is 4.98 Å². The maximum Gasteiger partial charge on any atom is 0.252 e. The van der Waals surface area contributed by atoms with Crippen molar-refractivity contribution in [2.75, 3.05) is 19.6 Å². The molecule has 1 aliphatic rings. The van der Waals surface area contributed by atoms with E-state index in [2.05, 4.69) is 10.3 Å². The highest BCUT2D eigenvalue weighted by molar-refractivity contribution is 7.08. The number of piperidine rings is 1. The summed E-state index contributed by atoms with van der Waals surface area (Å²) in [4.78, 5) is 34.3. The number of likely N-dealkylation sites (tertiary alicyclic amines) is 1. The van der Waals surface area contributed by atoms with Crippen LogP contribution in [-0.2, 0) is 4.79 Å². The van der Waals surface area contributed by atoms with Gasteiger partial charge in [0, 0.05) is 42.9 Å². The van der Waals surface area contributed by atoms with E-state index in [1.165, 1.54) is 11.3 Å². The summed E-state index contributed by atoms with van der Waals surface area (Å²) in [6, 6.07) is 9.83. The van der Waals surface area contributed by atoms with E-state index in [4.69, 9.17) is 4.98 Å². The standard InChI is InChI=1S/C20H22N4O2S/c25-18(5-9-21-20(26)15-8-12-27-13-15)24-10-6-14(7-11-24)19-22-16-3-1-2-4-17(16)23-19/h1-4,8,12-14H,5-7,9-11H2,(H,21,26)(H,22,23). The Morgan fingerprint density at radius 3 is 2.78 bits per heavy atom. The molecule has 1 saturated heterocycles. The number of imidazole rings is 1. The number of carbonyl (C=O) groups is 2. The number of nitrogens with one attached hydrogen (secondary N) is 2. The fourth-order valence-corrected chi connectivity index (χ4v) is 4.14. The van der Waals surface area contributed by atoms with E-state index in [9.17, 15) is 9.59 Å². The molecule has 0 radical (unpaired) electrons. The van der Waals surface area contributed by atoms with Gasteiger partial charge in [0.05, 0.1) is 11.0 Å². The fourth-order valence-electron chi connectivity index (χ4n) is 3.51. The average molecular weight is 382 g/mol. The van der Waals surface area contributed by atoms with Crippen LogP contribution in [0.3, 0.4) is 0 Å². The second-order valence-electron chi connectivity index (χ2n) is 6.81. The number of hydrogen-bond donors (Lipinski definition) is 2. The molecule has 3 aromatic rings. The summed E-state index contributed by atoms with van der Waals surface area (Å²) in [7, 11) is 0. The summed E-state index contributed by atoms with van der Waals surface area (Å²) in [6.07, 6.45) is 2.16. The molecule has 0 atom stereocenters. The summed E-state index contributed by atoms with van der Waals surface area (Å²) >= 11 is 1.49. The minimum atomic E-state index is -0.118. The number of aromatic nitrogens is 2. The molecule has 7 heteroatoms. The molecule has 2 aromatic heterocycles. The lowest BCUT2D eigenvalue weighted by molar-refractivity contribution is -0.132. The molecule has 1 aromatic carbocycles. The van der Waals surface area contributed by atoms with Crippen molar-refractivity contribution in [2.24, 2.45) is 0 Å². The summed E-state index contributed by atoms with van der Waals surface area (Å²) in [5, 5.41) is 6.48. The molecule has 4 rings (SSSR count). The summed E-state index contributed by atoms with van der Waals surface area (Å²) in [6.45, 7) is 1.84. The Morgan fingerprint density at radius 2 is 2.04 bits per heavy atom. The highest BCUT2D eigenvalue weighted by Gasteiger charge is 2.25. The number of thiophene rings is 1.